The van der Waals surface area contributed by atoms with Crippen LogP contribution in [0.15, 0.2) is 72.9 Å². The predicted octanol–water partition coefficient (Wildman–Crippen LogP) is 6.00. The van der Waals surface area contributed by atoms with E-state index < -0.39 is 5.97 Å². The molecule has 0 spiro atoms. The summed E-state index contributed by atoms with van der Waals surface area (Å²) in [6, 6.07) is 21.8. The second-order valence-electron chi connectivity index (χ2n) is 7.80. The van der Waals surface area contributed by atoms with Crippen LogP contribution in [0.5, 0.6) is 0 Å². The van der Waals surface area contributed by atoms with Gasteiger partial charge in [0.1, 0.15) is 0 Å². The Bertz CT molecular complexity index is 1380. The van der Waals surface area contributed by atoms with Crippen LogP contribution >= 0.6 is 0 Å². The fourth-order valence-electron chi connectivity index (χ4n) is 4.23. The summed E-state index contributed by atoms with van der Waals surface area (Å²) < 4.78 is 2.31. The van der Waals surface area contributed by atoms with Crippen LogP contribution in [-0.4, -0.2) is 25.8 Å². The highest BCUT2D eigenvalue weighted by Crippen LogP contribution is 2.41. The molecule has 0 radical (unpaired) electrons. The molecule has 0 saturated heterocycles. The molecular formula is C25H21N3O2. The normalized spacial score (nSPS) is 11.6. The number of carbonyl (C=O) groups is 1. The van der Waals surface area contributed by atoms with Gasteiger partial charge < -0.3 is 9.67 Å². The van der Waals surface area contributed by atoms with Crippen LogP contribution in [0.4, 0.5) is 0 Å². The third kappa shape index (κ3) is 2.78. The van der Waals surface area contributed by atoms with E-state index in [2.05, 4.69) is 52.9 Å². The quantitative estimate of drug-likeness (QED) is 0.392. The highest BCUT2D eigenvalue weighted by atomic mass is 16.4. The highest BCUT2D eigenvalue weighted by Gasteiger charge is 2.23. The van der Waals surface area contributed by atoms with E-state index in [1.165, 1.54) is 5.69 Å². The van der Waals surface area contributed by atoms with Gasteiger partial charge >= 0.3 is 5.97 Å². The number of aromatic amines is 1. The van der Waals surface area contributed by atoms with E-state index >= 15 is 0 Å². The second kappa shape index (κ2) is 6.88. The highest BCUT2D eigenvalue weighted by molar-refractivity contribution is 6.06. The number of rotatable bonds is 4. The molecule has 0 bridgehead atoms. The minimum absolute atomic E-state index is 0.253. The van der Waals surface area contributed by atoms with Crippen molar-refractivity contribution in [3.05, 3.63) is 84.2 Å². The van der Waals surface area contributed by atoms with E-state index in [9.17, 15) is 9.90 Å². The molecule has 5 nitrogen and oxygen atoms in total. The van der Waals surface area contributed by atoms with Gasteiger partial charge in [0.25, 0.3) is 0 Å². The lowest BCUT2D eigenvalue weighted by Gasteiger charge is -2.16. The molecule has 0 aliphatic rings. The van der Waals surface area contributed by atoms with Gasteiger partial charge in [0, 0.05) is 27.7 Å². The molecule has 0 saturated carbocycles. The van der Waals surface area contributed by atoms with Gasteiger partial charge in [-0.15, -0.1) is 0 Å². The number of benzene rings is 3. The van der Waals surface area contributed by atoms with Crippen molar-refractivity contribution in [3.63, 3.8) is 0 Å². The predicted molar refractivity (Wildman–Crippen MR) is 119 cm³/mol. The Morgan fingerprint density at radius 1 is 1.03 bits per heavy atom. The lowest BCUT2D eigenvalue weighted by molar-refractivity contribution is 0.0697. The minimum atomic E-state index is -0.920. The molecule has 3 aromatic carbocycles. The first-order valence-corrected chi connectivity index (χ1v) is 9.95. The summed E-state index contributed by atoms with van der Waals surface area (Å²) in [5, 5.41) is 18.7. The second-order valence-corrected chi connectivity index (χ2v) is 7.80. The van der Waals surface area contributed by atoms with Crippen molar-refractivity contribution in [2.24, 2.45) is 0 Å². The van der Waals surface area contributed by atoms with Crippen LogP contribution < -0.4 is 0 Å². The van der Waals surface area contributed by atoms with Crippen LogP contribution in [-0.2, 0) is 0 Å². The summed E-state index contributed by atoms with van der Waals surface area (Å²) in [5.41, 5.74) is 6.79. The number of nitrogens with one attached hydrogen (secondary N) is 1. The molecule has 5 heteroatoms. The summed E-state index contributed by atoms with van der Waals surface area (Å²) in [7, 11) is 0. The lowest BCUT2D eigenvalue weighted by Crippen LogP contribution is -2.03. The number of fused-ring (bicyclic) bond motifs is 2. The van der Waals surface area contributed by atoms with Crippen molar-refractivity contribution < 1.29 is 9.90 Å². The zero-order valence-corrected chi connectivity index (χ0v) is 16.8. The summed E-state index contributed by atoms with van der Waals surface area (Å²) in [4.78, 5) is 11.3. The molecule has 2 aromatic heterocycles. The average Bonchev–Trinajstić information content (AvgIpc) is 3.34. The van der Waals surface area contributed by atoms with Crippen LogP contribution in [0, 0.1) is 0 Å². The van der Waals surface area contributed by atoms with Crippen LogP contribution in [0.3, 0.4) is 0 Å². The number of nitrogens with zero attached hydrogens (tertiary/aromatic N) is 2. The third-order valence-corrected chi connectivity index (χ3v) is 5.55. The van der Waals surface area contributed by atoms with Gasteiger partial charge in [0.15, 0.2) is 0 Å². The van der Waals surface area contributed by atoms with Crippen molar-refractivity contribution in [2.45, 2.75) is 19.8 Å². The molecule has 30 heavy (non-hydrogen) atoms. The molecule has 5 aromatic rings. The average molecular weight is 395 g/mol. The van der Waals surface area contributed by atoms with Gasteiger partial charge in [0.05, 0.1) is 22.8 Å². The lowest BCUT2D eigenvalue weighted by atomic mass is 9.96. The van der Waals surface area contributed by atoms with E-state index in [0.717, 1.165) is 38.6 Å². The fourth-order valence-corrected chi connectivity index (χ4v) is 4.23. The Labute approximate surface area is 173 Å². The number of aromatic carboxylic acids is 1. The van der Waals surface area contributed by atoms with Gasteiger partial charge in [-0.25, -0.2) is 4.79 Å². The SMILES string of the molecule is CC(C)c1c(-c2ccc(C(=O)O)cc2)c2cc3[nH]ncc3cc2n1-c1ccccc1. The minimum Gasteiger partial charge on any atom is -0.478 e. The standard InChI is InChI=1S/C25H21N3O2/c1-15(2)24-23(16-8-10-17(11-9-16)25(29)30)20-13-21-18(14-26-27-21)12-22(20)28(24)19-6-4-3-5-7-19/h3-15H,1-2H3,(H,26,27)(H,29,30). The Kier molecular flexibility index (Phi) is 4.17. The summed E-state index contributed by atoms with van der Waals surface area (Å²) >= 11 is 0. The zero-order valence-electron chi connectivity index (χ0n) is 16.8. The maximum absolute atomic E-state index is 11.3. The molecule has 0 amide bonds. The number of carboxylic acids is 1. The smallest absolute Gasteiger partial charge is 0.335 e. The topological polar surface area (TPSA) is 70.9 Å². The molecule has 5 rings (SSSR count). The van der Waals surface area contributed by atoms with Gasteiger partial charge in [-0.05, 0) is 47.9 Å². The monoisotopic (exact) mass is 395 g/mol. The van der Waals surface area contributed by atoms with Gasteiger partial charge in [-0.1, -0.05) is 44.2 Å². The maximum atomic E-state index is 11.3. The van der Waals surface area contributed by atoms with Crippen molar-refractivity contribution in [1.82, 2.24) is 14.8 Å². The first-order valence-electron chi connectivity index (χ1n) is 9.95. The Balaban J connectivity index is 1.91. The first kappa shape index (κ1) is 18.2. The molecule has 0 aliphatic heterocycles. The molecule has 0 atom stereocenters. The van der Waals surface area contributed by atoms with E-state index in [-0.39, 0.29) is 11.5 Å². The maximum Gasteiger partial charge on any atom is 0.335 e. The van der Waals surface area contributed by atoms with Gasteiger partial charge in [-0.3, -0.25) is 5.10 Å². The van der Waals surface area contributed by atoms with E-state index in [4.69, 9.17) is 0 Å². The largest absolute Gasteiger partial charge is 0.478 e. The summed E-state index contributed by atoms with van der Waals surface area (Å²) in [6.07, 6.45) is 1.84. The number of hydrogen-bond donors (Lipinski definition) is 2. The molecule has 0 aliphatic carbocycles. The summed E-state index contributed by atoms with van der Waals surface area (Å²) in [5.74, 6) is -0.667. The number of para-hydroxylation sites is 1. The van der Waals surface area contributed by atoms with Crippen molar-refractivity contribution in [1.29, 1.82) is 0 Å². The molecule has 0 fully saturated rings. The number of aromatic nitrogens is 3. The van der Waals surface area contributed by atoms with Gasteiger partial charge in [-0.2, -0.15) is 5.10 Å². The first-order chi connectivity index (χ1) is 14.5. The number of H-pyrrole nitrogens is 1. The van der Waals surface area contributed by atoms with Gasteiger partial charge in [0.2, 0.25) is 0 Å². The molecule has 2 heterocycles. The van der Waals surface area contributed by atoms with Crippen molar-refractivity contribution in [3.8, 4) is 16.8 Å². The van der Waals surface area contributed by atoms with Crippen molar-refractivity contribution in [2.75, 3.05) is 0 Å². The number of hydrogen-bond acceptors (Lipinski definition) is 2. The molecule has 148 valence electrons. The van der Waals surface area contributed by atoms with Crippen LogP contribution in [0.2, 0.25) is 0 Å². The third-order valence-electron chi connectivity index (χ3n) is 5.55. The summed E-state index contributed by atoms with van der Waals surface area (Å²) in [6.45, 7) is 4.38. The number of carboxylic acid groups (broad SMARTS) is 1. The fraction of sp³-hybridized carbons (Fsp3) is 0.120. The van der Waals surface area contributed by atoms with E-state index in [1.807, 2.05) is 36.5 Å². The zero-order chi connectivity index (χ0) is 20.8. The molecular weight excluding hydrogens is 374 g/mol. The van der Waals surface area contributed by atoms with Crippen LogP contribution in [0.25, 0.3) is 38.6 Å². The van der Waals surface area contributed by atoms with Crippen LogP contribution in [0.1, 0.15) is 35.8 Å². The Hall–Kier alpha value is -3.86. The Morgan fingerprint density at radius 3 is 2.43 bits per heavy atom. The molecule has 2 N–H and O–H groups in total. The van der Waals surface area contributed by atoms with Crippen molar-refractivity contribution >= 4 is 27.8 Å². The van der Waals surface area contributed by atoms with E-state index in [0.29, 0.717) is 0 Å². The molecule has 0 unspecified atom stereocenters. The van der Waals surface area contributed by atoms with E-state index in [1.54, 1.807) is 12.1 Å². The Morgan fingerprint density at radius 2 is 1.77 bits per heavy atom.